The van der Waals surface area contributed by atoms with Gasteiger partial charge in [-0.25, -0.2) is 0 Å². The first-order chi connectivity index (χ1) is 13.1. The van der Waals surface area contributed by atoms with Crippen molar-refractivity contribution < 1.29 is 23.8 Å². The van der Waals surface area contributed by atoms with Gasteiger partial charge in [0.25, 0.3) is 0 Å². The van der Waals surface area contributed by atoms with Crippen LogP contribution in [0.25, 0.3) is 0 Å². The Hall–Kier alpha value is -2.40. The second-order valence-electron chi connectivity index (χ2n) is 6.61. The van der Waals surface area contributed by atoms with E-state index in [1.54, 1.807) is 12.2 Å². The van der Waals surface area contributed by atoms with E-state index in [0.717, 1.165) is 12.8 Å². The minimum absolute atomic E-state index is 0.0482. The lowest BCUT2D eigenvalue weighted by atomic mass is 9.74. The molecule has 0 aromatic heterocycles. The third kappa shape index (κ3) is 4.86. The topological polar surface area (TPSA) is 61.8 Å². The van der Waals surface area contributed by atoms with Crippen LogP contribution in [-0.2, 0) is 30.2 Å². The molecule has 5 heteroatoms. The second kappa shape index (κ2) is 10.1. The number of carbonyl (C=O) groups is 2. The van der Waals surface area contributed by atoms with Gasteiger partial charge in [-0.2, -0.15) is 0 Å². The van der Waals surface area contributed by atoms with E-state index in [2.05, 4.69) is 12.1 Å². The zero-order chi connectivity index (χ0) is 19.7. The molecule has 1 aromatic carbocycles. The van der Waals surface area contributed by atoms with E-state index in [4.69, 9.17) is 14.2 Å². The van der Waals surface area contributed by atoms with Crippen LogP contribution in [0.4, 0.5) is 0 Å². The highest BCUT2D eigenvalue weighted by Gasteiger charge is 2.57. The highest BCUT2D eigenvalue weighted by atomic mass is 16.6. The molecule has 146 valence electrons. The first-order valence-electron chi connectivity index (χ1n) is 9.24. The Kier molecular flexibility index (Phi) is 7.80. The number of rotatable bonds is 7. The number of benzene rings is 1. The van der Waals surface area contributed by atoms with Gasteiger partial charge in [0.1, 0.15) is 6.10 Å². The minimum atomic E-state index is -1.47. The maximum Gasteiger partial charge on any atom is 0.326 e. The maximum absolute atomic E-state index is 12.6. The largest absolute Gasteiger partial charge is 0.468 e. The SMILES string of the molecule is C/C=C/C=C\[C@@H]1O[C@H](CCc2ccccc2)CCC1(C(=O)OC)C(=O)OC. The van der Waals surface area contributed by atoms with Crippen molar-refractivity contribution >= 4 is 11.9 Å². The van der Waals surface area contributed by atoms with Crippen LogP contribution in [0, 0.1) is 5.41 Å². The summed E-state index contributed by atoms with van der Waals surface area (Å²) in [5, 5.41) is 0. The quantitative estimate of drug-likeness (QED) is 0.415. The lowest BCUT2D eigenvalue weighted by molar-refractivity contribution is -0.191. The van der Waals surface area contributed by atoms with E-state index < -0.39 is 23.5 Å². The zero-order valence-corrected chi connectivity index (χ0v) is 16.2. The van der Waals surface area contributed by atoms with E-state index in [9.17, 15) is 9.59 Å². The van der Waals surface area contributed by atoms with Gasteiger partial charge < -0.3 is 14.2 Å². The monoisotopic (exact) mass is 372 g/mol. The Morgan fingerprint density at radius 1 is 1.15 bits per heavy atom. The third-order valence-electron chi connectivity index (χ3n) is 4.97. The molecule has 5 nitrogen and oxygen atoms in total. The Bertz CT molecular complexity index is 661. The fourth-order valence-corrected chi connectivity index (χ4v) is 3.48. The Morgan fingerprint density at radius 2 is 1.81 bits per heavy atom. The summed E-state index contributed by atoms with van der Waals surface area (Å²) in [6.07, 6.45) is 9.04. The van der Waals surface area contributed by atoms with Gasteiger partial charge in [0.15, 0.2) is 5.41 Å². The van der Waals surface area contributed by atoms with E-state index in [0.29, 0.717) is 12.8 Å². The Balaban J connectivity index is 2.21. The van der Waals surface area contributed by atoms with Crippen molar-refractivity contribution in [2.75, 3.05) is 14.2 Å². The summed E-state index contributed by atoms with van der Waals surface area (Å²) in [5.41, 5.74) is -0.231. The van der Waals surface area contributed by atoms with Crippen LogP contribution in [0.3, 0.4) is 0 Å². The summed E-state index contributed by atoms with van der Waals surface area (Å²) in [6.45, 7) is 1.89. The number of esters is 2. The molecule has 2 rings (SSSR count). The number of methoxy groups -OCH3 is 2. The van der Waals surface area contributed by atoms with Crippen molar-refractivity contribution in [3.8, 4) is 0 Å². The van der Waals surface area contributed by atoms with Crippen molar-refractivity contribution in [3.63, 3.8) is 0 Å². The van der Waals surface area contributed by atoms with Crippen LogP contribution in [-0.4, -0.2) is 38.4 Å². The van der Waals surface area contributed by atoms with Crippen LogP contribution in [0.2, 0.25) is 0 Å². The molecular formula is C22H28O5. The first kappa shape index (κ1) is 20.9. The Labute approximate surface area is 161 Å². The van der Waals surface area contributed by atoms with Crippen molar-refractivity contribution in [3.05, 3.63) is 60.2 Å². The molecule has 0 amide bonds. The second-order valence-corrected chi connectivity index (χ2v) is 6.61. The molecule has 1 aliphatic rings. The van der Waals surface area contributed by atoms with Gasteiger partial charge in [-0.1, -0.05) is 54.6 Å². The molecule has 1 aliphatic heterocycles. The number of carbonyl (C=O) groups excluding carboxylic acids is 2. The molecule has 0 bridgehead atoms. The minimum Gasteiger partial charge on any atom is -0.468 e. The average Bonchev–Trinajstić information content (AvgIpc) is 2.72. The molecule has 0 spiro atoms. The van der Waals surface area contributed by atoms with Crippen molar-refractivity contribution in [2.24, 2.45) is 5.41 Å². The van der Waals surface area contributed by atoms with E-state index in [1.807, 2.05) is 37.3 Å². The predicted octanol–water partition coefficient (Wildman–Crippen LogP) is 3.63. The van der Waals surface area contributed by atoms with Gasteiger partial charge in [0.05, 0.1) is 20.3 Å². The third-order valence-corrected chi connectivity index (χ3v) is 4.97. The Morgan fingerprint density at radius 3 is 2.41 bits per heavy atom. The molecule has 0 aliphatic carbocycles. The van der Waals surface area contributed by atoms with Crippen molar-refractivity contribution in [1.29, 1.82) is 0 Å². The first-order valence-corrected chi connectivity index (χ1v) is 9.24. The molecule has 0 unspecified atom stereocenters. The summed E-state index contributed by atoms with van der Waals surface area (Å²) in [4.78, 5) is 25.1. The molecule has 0 radical (unpaired) electrons. The molecule has 1 fully saturated rings. The number of hydrogen-bond acceptors (Lipinski definition) is 5. The summed E-state index contributed by atoms with van der Waals surface area (Å²) < 4.78 is 16.1. The van der Waals surface area contributed by atoms with Gasteiger partial charge >= 0.3 is 11.9 Å². The van der Waals surface area contributed by atoms with Crippen molar-refractivity contribution in [1.82, 2.24) is 0 Å². The van der Waals surface area contributed by atoms with Gasteiger partial charge in [-0.3, -0.25) is 9.59 Å². The van der Waals surface area contributed by atoms with E-state index >= 15 is 0 Å². The molecule has 1 heterocycles. The molecule has 1 aromatic rings. The zero-order valence-electron chi connectivity index (χ0n) is 16.2. The molecule has 0 N–H and O–H groups in total. The fourth-order valence-electron chi connectivity index (χ4n) is 3.48. The molecule has 2 atom stereocenters. The molecule has 27 heavy (non-hydrogen) atoms. The lowest BCUT2D eigenvalue weighted by Crippen LogP contribution is -2.54. The van der Waals surface area contributed by atoms with Gasteiger partial charge in [-0.05, 0) is 38.2 Å². The average molecular weight is 372 g/mol. The van der Waals surface area contributed by atoms with Crippen LogP contribution < -0.4 is 0 Å². The summed E-state index contributed by atoms with van der Waals surface area (Å²) in [5.74, 6) is -1.24. The fraction of sp³-hybridized carbons (Fsp3) is 0.455. The van der Waals surface area contributed by atoms with E-state index in [1.165, 1.54) is 19.8 Å². The number of aryl methyl sites for hydroxylation is 1. The smallest absolute Gasteiger partial charge is 0.326 e. The van der Waals surface area contributed by atoms with Crippen LogP contribution in [0.1, 0.15) is 31.7 Å². The van der Waals surface area contributed by atoms with Gasteiger partial charge in [0.2, 0.25) is 0 Å². The summed E-state index contributed by atoms with van der Waals surface area (Å²) in [7, 11) is 2.56. The van der Waals surface area contributed by atoms with Crippen LogP contribution >= 0.6 is 0 Å². The number of ether oxygens (including phenoxy) is 3. The highest BCUT2D eigenvalue weighted by molar-refractivity contribution is 6.01. The molecule has 0 saturated carbocycles. The normalized spacial score (nSPS) is 22.0. The summed E-state index contributed by atoms with van der Waals surface area (Å²) in [6, 6.07) is 10.2. The van der Waals surface area contributed by atoms with Gasteiger partial charge in [-0.15, -0.1) is 0 Å². The van der Waals surface area contributed by atoms with Crippen LogP contribution in [0.15, 0.2) is 54.6 Å². The number of allylic oxidation sites excluding steroid dienone is 3. The highest BCUT2D eigenvalue weighted by Crippen LogP contribution is 2.41. The lowest BCUT2D eigenvalue weighted by Gasteiger charge is -2.41. The molecule has 1 saturated heterocycles. The van der Waals surface area contributed by atoms with Gasteiger partial charge in [0, 0.05) is 0 Å². The number of hydrogen-bond donors (Lipinski definition) is 0. The van der Waals surface area contributed by atoms with Crippen LogP contribution in [0.5, 0.6) is 0 Å². The van der Waals surface area contributed by atoms with Crippen molar-refractivity contribution in [2.45, 2.75) is 44.8 Å². The predicted molar refractivity (Wildman–Crippen MR) is 103 cm³/mol. The summed E-state index contributed by atoms with van der Waals surface area (Å²) >= 11 is 0. The maximum atomic E-state index is 12.6. The standard InChI is InChI=1S/C22H28O5/c1-4-5-7-12-19-22(20(23)25-2,21(24)26-3)16-15-18(27-19)14-13-17-10-8-6-9-11-17/h4-12,18-19H,13-16H2,1-3H3/b5-4+,12-7-/t18-,19+/m1/s1. The molecular weight excluding hydrogens is 344 g/mol. The van der Waals surface area contributed by atoms with E-state index in [-0.39, 0.29) is 6.10 Å².